The van der Waals surface area contributed by atoms with E-state index in [1.165, 1.54) is 5.56 Å². The summed E-state index contributed by atoms with van der Waals surface area (Å²) in [6.45, 7) is 2.08. The molecule has 1 aliphatic heterocycles. The van der Waals surface area contributed by atoms with Crippen LogP contribution in [0.4, 0.5) is 5.69 Å². The van der Waals surface area contributed by atoms with Crippen molar-refractivity contribution in [1.82, 2.24) is 0 Å². The van der Waals surface area contributed by atoms with Gasteiger partial charge in [-0.1, -0.05) is 25.1 Å². The molecule has 15 heavy (non-hydrogen) atoms. The number of amides is 1. The summed E-state index contributed by atoms with van der Waals surface area (Å²) in [5.74, 6) is 0.427. The fourth-order valence-electron chi connectivity index (χ4n) is 1.89. The Morgan fingerprint density at radius 2 is 2.07 bits per heavy atom. The molecule has 0 saturated heterocycles. The maximum atomic E-state index is 11.7. The summed E-state index contributed by atoms with van der Waals surface area (Å²) >= 11 is 0. The average Bonchev–Trinajstić information content (AvgIpc) is 2.26. The van der Waals surface area contributed by atoms with Crippen LogP contribution in [0.15, 0.2) is 24.3 Å². The summed E-state index contributed by atoms with van der Waals surface area (Å²) in [4.78, 5) is 13.4. The average molecular weight is 291 g/mol. The fourth-order valence-corrected chi connectivity index (χ4v) is 1.89. The number of anilines is 1. The van der Waals surface area contributed by atoms with Crippen molar-refractivity contribution >= 4 is 11.6 Å². The molecular weight excluding hydrogens is 277 g/mol. The van der Waals surface area contributed by atoms with Crippen LogP contribution in [-0.4, -0.2) is 13.0 Å². The molecule has 83 valence electrons. The Bertz CT molecular complexity index is 364. The second-order valence-electron chi connectivity index (χ2n) is 3.87. The molecule has 1 aliphatic rings. The smallest absolute Gasteiger partial charge is 0.0894 e. The van der Waals surface area contributed by atoms with E-state index < -0.39 is 0 Å². The van der Waals surface area contributed by atoms with E-state index >= 15 is 0 Å². The largest absolute Gasteiger partial charge is 0.340 e. The van der Waals surface area contributed by atoms with E-state index in [9.17, 15) is 4.79 Å². The third-order valence-corrected chi connectivity index (χ3v) is 2.65. The zero-order chi connectivity index (χ0) is 10.1. The molecular formula is C12H14NORh-. The predicted octanol–water partition coefficient (Wildman–Crippen LogP) is 2.04. The number of hydrogen-bond acceptors (Lipinski definition) is 1. The molecule has 0 bridgehead atoms. The Labute approximate surface area is 103 Å². The molecule has 1 atom stereocenters. The van der Waals surface area contributed by atoms with Gasteiger partial charge in [0.15, 0.2) is 0 Å². The van der Waals surface area contributed by atoms with E-state index in [4.69, 9.17) is 0 Å². The van der Waals surface area contributed by atoms with Crippen LogP contribution in [0.3, 0.4) is 0 Å². The van der Waals surface area contributed by atoms with Crippen molar-refractivity contribution in [2.75, 3.05) is 11.9 Å². The van der Waals surface area contributed by atoms with Gasteiger partial charge in [0.2, 0.25) is 0 Å². The first-order valence-corrected chi connectivity index (χ1v) is 4.89. The van der Waals surface area contributed by atoms with Crippen molar-refractivity contribution in [3.05, 3.63) is 36.2 Å². The monoisotopic (exact) mass is 291 g/mol. The number of rotatable bonds is 0. The van der Waals surface area contributed by atoms with Gasteiger partial charge in [-0.05, 0) is 18.1 Å². The maximum absolute atomic E-state index is 11.7. The van der Waals surface area contributed by atoms with Crippen LogP contribution in [0, 0.1) is 12.3 Å². The van der Waals surface area contributed by atoms with E-state index in [-0.39, 0.29) is 25.4 Å². The van der Waals surface area contributed by atoms with Crippen molar-refractivity contribution in [3.63, 3.8) is 0 Å². The number of para-hydroxylation sites is 1. The molecule has 0 fully saturated rings. The summed E-state index contributed by atoms with van der Waals surface area (Å²) < 4.78 is 0. The van der Waals surface area contributed by atoms with Gasteiger partial charge in [0.05, 0.1) is 5.91 Å². The minimum absolute atomic E-state index is 0. The van der Waals surface area contributed by atoms with Gasteiger partial charge in [0, 0.05) is 32.2 Å². The van der Waals surface area contributed by atoms with Crippen molar-refractivity contribution in [1.29, 1.82) is 0 Å². The Balaban J connectivity index is 0.00000112. The molecule has 2 rings (SSSR count). The molecule has 1 heterocycles. The minimum atomic E-state index is 0. The zero-order valence-corrected chi connectivity index (χ0v) is 10.5. The molecule has 1 unspecified atom stereocenters. The summed E-state index contributed by atoms with van der Waals surface area (Å²) in [6, 6.07) is 8.08. The van der Waals surface area contributed by atoms with Gasteiger partial charge in [-0.2, -0.15) is 0 Å². The minimum Gasteiger partial charge on any atom is -0.340 e. The van der Waals surface area contributed by atoms with E-state index in [2.05, 4.69) is 13.0 Å². The van der Waals surface area contributed by atoms with E-state index in [1.54, 1.807) is 11.3 Å². The van der Waals surface area contributed by atoms with Gasteiger partial charge >= 0.3 is 0 Å². The number of carbonyl (C=O) groups is 1. The van der Waals surface area contributed by atoms with Crippen LogP contribution in [0.1, 0.15) is 12.5 Å². The van der Waals surface area contributed by atoms with Gasteiger partial charge in [0.25, 0.3) is 0 Å². The molecule has 0 saturated carbocycles. The summed E-state index contributed by atoms with van der Waals surface area (Å²) in [7, 11) is 1.83. The molecule has 3 heteroatoms. The molecule has 1 aromatic carbocycles. The number of carbonyl (C=O) groups excluding carboxylic acids is 1. The van der Waals surface area contributed by atoms with Crippen LogP contribution in [0.5, 0.6) is 0 Å². The second-order valence-corrected chi connectivity index (χ2v) is 3.87. The van der Waals surface area contributed by atoms with Gasteiger partial charge < -0.3 is 16.1 Å². The Morgan fingerprint density at radius 1 is 1.40 bits per heavy atom. The third-order valence-electron chi connectivity index (χ3n) is 2.65. The van der Waals surface area contributed by atoms with Crippen LogP contribution >= 0.6 is 0 Å². The summed E-state index contributed by atoms with van der Waals surface area (Å²) in [5.41, 5.74) is 2.29. The van der Waals surface area contributed by atoms with Crippen LogP contribution < -0.4 is 4.90 Å². The second kappa shape index (κ2) is 4.80. The van der Waals surface area contributed by atoms with Crippen LogP contribution in [-0.2, 0) is 30.7 Å². The maximum Gasteiger partial charge on any atom is 0.0894 e. The van der Waals surface area contributed by atoms with E-state index in [0.717, 1.165) is 12.1 Å². The Kier molecular flexibility index (Phi) is 3.92. The molecule has 1 radical (unpaired) electrons. The molecule has 0 aromatic heterocycles. The van der Waals surface area contributed by atoms with Gasteiger partial charge in [-0.3, -0.25) is 0 Å². The summed E-state index contributed by atoms with van der Waals surface area (Å²) in [6.07, 6.45) is 2.74. The first-order valence-electron chi connectivity index (χ1n) is 4.89. The van der Waals surface area contributed by atoms with E-state index in [1.807, 2.05) is 25.2 Å². The first kappa shape index (κ1) is 12.3. The van der Waals surface area contributed by atoms with Crippen molar-refractivity contribution in [2.45, 2.75) is 13.3 Å². The molecule has 0 aliphatic carbocycles. The van der Waals surface area contributed by atoms with Crippen LogP contribution in [0.2, 0.25) is 0 Å². The zero-order valence-electron chi connectivity index (χ0n) is 8.86. The topological polar surface area (TPSA) is 20.3 Å². The molecule has 1 aromatic rings. The van der Waals surface area contributed by atoms with Crippen molar-refractivity contribution in [3.8, 4) is 0 Å². The number of nitrogens with zero attached hydrogens (tertiary/aromatic N) is 1. The molecule has 0 N–H and O–H groups in total. The predicted molar refractivity (Wildman–Crippen MR) is 57.0 cm³/mol. The first-order chi connectivity index (χ1) is 6.68. The quantitative estimate of drug-likeness (QED) is 0.529. The Morgan fingerprint density at radius 3 is 2.80 bits per heavy atom. The SMILES string of the molecule is CC1[CH-]C(=O)N(C)c2ccccc2C1.[Rh]. The molecule has 0 spiro atoms. The summed E-state index contributed by atoms with van der Waals surface area (Å²) in [5, 5.41) is 0. The van der Waals surface area contributed by atoms with E-state index in [0.29, 0.717) is 5.92 Å². The van der Waals surface area contributed by atoms with Gasteiger partial charge in [0.1, 0.15) is 0 Å². The Hall–Kier alpha value is -0.817. The van der Waals surface area contributed by atoms with Gasteiger partial charge in [-0.25, -0.2) is 0 Å². The fraction of sp³-hybridized carbons (Fsp3) is 0.333. The number of fused-ring (bicyclic) bond motifs is 1. The van der Waals surface area contributed by atoms with Crippen molar-refractivity contribution < 1.29 is 24.3 Å². The number of benzene rings is 1. The standard InChI is InChI=1S/C12H14NO.Rh/c1-9-7-10-5-3-4-6-11(10)13(2)12(14)8-9;/h3-6,8-9H,7H2,1-2H3;/q-1;. The third kappa shape index (κ3) is 2.41. The molecule has 2 nitrogen and oxygen atoms in total. The van der Waals surface area contributed by atoms with Crippen LogP contribution in [0.25, 0.3) is 0 Å². The van der Waals surface area contributed by atoms with Crippen molar-refractivity contribution in [2.24, 2.45) is 5.92 Å². The number of hydrogen-bond donors (Lipinski definition) is 0. The normalized spacial score (nSPS) is 19.7. The van der Waals surface area contributed by atoms with Gasteiger partial charge in [-0.15, -0.1) is 5.92 Å². The molecule has 1 amide bonds.